The van der Waals surface area contributed by atoms with E-state index < -0.39 is 0 Å². The van der Waals surface area contributed by atoms with Crippen LogP contribution in [0.2, 0.25) is 0 Å². The third-order valence-electron chi connectivity index (χ3n) is 2.61. The summed E-state index contributed by atoms with van der Waals surface area (Å²) < 4.78 is 10.9. The summed E-state index contributed by atoms with van der Waals surface area (Å²) in [6.45, 7) is 2.43. The van der Waals surface area contributed by atoms with E-state index >= 15 is 0 Å². The van der Waals surface area contributed by atoms with Crippen LogP contribution in [0.4, 0.5) is 0 Å². The van der Waals surface area contributed by atoms with Gasteiger partial charge in [0.05, 0.1) is 12.0 Å². The Kier molecular flexibility index (Phi) is 3.99. The van der Waals surface area contributed by atoms with Gasteiger partial charge in [-0.05, 0) is 25.1 Å². The van der Waals surface area contributed by atoms with Crippen molar-refractivity contribution in [1.82, 2.24) is 0 Å². The fraction of sp³-hybridized carbons (Fsp3) is 0.214. The van der Waals surface area contributed by atoms with E-state index in [0.717, 1.165) is 21.6 Å². The molecule has 0 spiro atoms. The fourth-order valence-corrected chi connectivity index (χ4v) is 2.49. The molecule has 0 saturated heterocycles. The zero-order chi connectivity index (χ0) is 13.0. The van der Waals surface area contributed by atoms with Crippen molar-refractivity contribution in [1.29, 1.82) is 0 Å². The van der Waals surface area contributed by atoms with Crippen LogP contribution in [0, 0.1) is 6.92 Å². The number of carbonyl (C=O) groups is 1. The lowest BCUT2D eigenvalue weighted by Gasteiger charge is -2.09. The number of aldehydes is 1. The predicted molar refractivity (Wildman–Crippen MR) is 71.8 cm³/mol. The maximum absolute atomic E-state index is 10.7. The number of para-hydroxylation sites is 2. The minimum absolute atomic E-state index is 0.441. The van der Waals surface area contributed by atoms with Crippen molar-refractivity contribution in [3.8, 4) is 11.5 Å². The highest BCUT2D eigenvalue weighted by Crippen LogP contribution is 2.28. The van der Waals surface area contributed by atoms with Gasteiger partial charge in [-0.1, -0.05) is 12.1 Å². The van der Waals surface area contributed by atoms with Crippen LogP contribution in [0.5, 0.6) is 11.5 Å². The molecule has 18 heavy (non-hydrogen) atoms. The molecule has 0 aliphatic rings. The second-order valence-electron chi connectivity index (χ2n) is 3.79. The van der Waals surface area contributed by atoms with E-state index in [0.29, 0.717) is 18.1 Å². The number of benzene rings is 1. The number of carbonyl (C=O) groups excluding carboxylic acids is 1. The first-order valence-corrected chi connectivity index (χ1v) is 6.36. The summed E-state index contributed by atoms with van der Waals surface area (Å²) in [7, 11) is 1.61. The van der Waals surface area contributed by atoms with E-state index in [-0.39, 0.29) is 0 Å². The van der Waals surface area contributed by atoms with Gasteiger partial charge in [-0.25, -0.2) is 0 Å². The van der Waals surface area contributed by atoms with E-state index in [1.807, 2.05) is 37.3 Å². The summed E-state index contributed by atoms with van der Waals surface area (Å²) in [5.41, 5.74) is 1.04. The van der Waals surface area contributed by atoms with Crippen LogP contribution in [0.3, 0.4) is 0 Å². The molecular formula is C14H14O3S. The number of hydrogen-bond acceptors (Lipinski definition) is 4. The van der Waals surface area contributed by atoms with Crippen LogP contribution in [-0.4, -0.2) is 13.4 Å². The van der Waals surface area contributed by atoms with Gasteiger partial charge in [0.1, 0.15) is 6.61 Å². The fourth-order valence-electron chi connectivity index (χ4n) is 1.64. The van der Waals surface area contributed by atoms with Gasteiger partial charge in [-0.15, -0.1) is 11.3 Å². The number of thiophene rings is 1. The van der Waals surface area contributed by atoms with Crippen LogP contribution in [0.1, 0.15) is 20.1 Å². The Morgan fingerprint density at radius 1 is 1.28 bits per heavy atom. The molecule has 0 amide bonds. The van der Waals surface area contributed by atoms with Gasteiger partial charge in [-0.2, -0.15) is 0 Å². The third-order valence-corrected chi connectivity index (χ3v) is 3.63. The average molecular weight is 262 g/mol. The van der Waals surface area contributed by atoms with Crippen molar-refractivity contribution < 1.29 is 14.3 Å². The molecule has 0 radical (unpaired) electrons. The lowest BCUT2D eigenvalue weighted by molar-refractivity contribution is 0.112. The quantitative estimate of drug-likeness (QED) is 0.774. The first kappa shape index (κ1) is 12.6. The number of hydrogen-bond donors (Lipinski definition) is 0. The molecule has 0 saturated carbocycles. The van der Waals surface area contributed by atoms with E-state index in [9.17, 15) is 4.79 Å². The Morgan fingerprint density at radius 2 is 2.00 bits per heavy atom. The summed E-state index contributed by atoms with van der Waals surface area (Å²) in [5, 5.41) is 0. The largest absolute Gasteiger partial charge is 0.493 e. The molecule has 94 valence electrons. The molecule has 0 aliphatic carbocycles. The topological polar surface area (TPSA) is 35.5 Å². The zero-order valence-corrected chi connectivity index (χ0v) is 11.1. The van der Waals surface area contributed by atoms with E-state index in [2.05, 4.69) is 0 Å². The number of rotatable bonds is 5. The average Bonchev–Trinajstić information content (AvgIpc) is 2.77. The molecule has 0 unspecified atom stereocenters. The van der Waals surface area contributed by atoms with Crippen molar-refractivity contribution in [3.05, 3.63) is 45.6 Å². The molecule has 3 nitrogen and oxygen atoms in total. The Morgan fingerprint density at radius 3 is 2.61 bits per heavy atom. The normalized spacial score (nSPS) is 10.1. The molecule has 1 aromatic heterocycles. The van der Waals surface area contributed by atoms with Gasteiger partial charge in [0.2, 0.25) is 0 Å². The Balaban J connectivity index is 2.11. The SMILES string of the molecule is COc1ccccc1OCc1cc(C=O)sc1C. The molecule has 0 bridgehead atoms. The predicted octanol–water partition coefficient (Wildman–Crippen LogP) is 3.46. The second kappa shape index (κ2) is 5.69. The third kappa shape index (κ3) is 2.71. The van der Waals surface area contributed by atoms with E-state index in [1.54, 1.807) is 7.11 Å². The number of ether oxygens (including phenoxy) is 2. The molecule has 4 heteroatoms. The highest BCUT2D eigenvalue weighted by Gasteiger charge is 2.07. The smallest absolute Gasteiger partial charge is 0.161 e. The van der Waals surface area contributed by atoms with Gasteiger partial charge < -0.3 is 9.47 Å². The Hall–Kier alpha value is -1.81. The number of aryl methyl sites for hydroxylation is 1. The minimum Gasteiger partial charge on any atom is -0.493 e. The van der Waals surface area contributed by atoms with Gasteiger partial charge in [0, 0.05) is 10.4 Å². The first-order valence-electron chi connectivity index (χ1n) is 5.55. The second-order valence-corrected chi connectivity index (χ2v) is 5.08. The van der Waals surface area contributed by atoms with Crippen LogP contribution in [0.15, 0.2) is 30.3 Å². The molecule has 2 aromatic rings. The molecule has 1 heterocycles. The van der Waals surface area contributed by atoms with Crippen molar-refractivity contribution >= 4 is 17.6 Å². The van der Waals surface area contributed by atoms with Crippen LogP contribution in [0.25, 0.3) is 0 Å². The number of methoxy groups -OCH3 is 1. The van der Waals surface area contributed by atoms with Crippen LogP contribution in [-0.2, 0) is 6.61 Å². The molecule has 1 aromatic carbocycles. The lowest BCUT2D eigenvalue weighted by atomic mass is 10.2. The van der Waals surface area contributed by atoms with E-state index in [1.165, 1.54) is 11.3 Å². The molecule has 0 aliphatic heterocycles. The molecule has 0 N–H and O–H groups in total. The highest BCUT2D eigenvalue weighted by molar-refractivity contribution is 7.13. The highest BCUT2D eigenvalue weighted by atomic mass is 32.1. The zero-order valence-electron chi connectivity index (χ0n) is 10.3. The van der Waals surface area contributed by atoms with Gasteiger partial charge in [-0.3, -0.25) is 4.79 Å². The Labute approximate surface area is 110 Å². The van der Waals surface area contributed by atoms with Crippen molar-refractivity contribution in [3.63, 3.8) is 0 Å². The van der Waals surface area contributed by atoms with Crippen LogP contribution < -0.4 is 9.47 Å². The molecule has 2 rings (SSSR count). The van der Waals surface area contributed by atoms with Crippen molar-refractivity contribution in [2.24, 2.45) is 0 Å². The van der Waals surface area contributed by atoms with Gasteiger partial charge in [0.25, 0.3) is 0 Å². The first-order chi connectivity index (χ1) is 8.74. The minimum atomic E-state index is 0.441. The summed E-state index contributed by atoms with van der Waals surface area (Å²) in [6, 6.07) is 9.37. The summed E-state index contributed by atoms with van der Waals surface area (Å²) >= 11 is 1.48. The maximum atomic E-state index is 10.7. The van der Waals surface area contributed by atoms with Crippen molar-refractivity contribution in [2.75, 3.05) is 7.11 Å². The van der Waals surface area contributed by atoms with Gasteiger partial charge >= 0.3 is 0 Å². The summed E-state index contributed by atoms with van der Waals surface area (Å²) in [5.74, 6) is 1.42. The monoisotopic (exact) mass is 262 g/mol. The summed E-state index contributed by atoms with van der Waals surface area (Å²) in [4.78, 5) is 12.5. The molecule has 0 fully saturated rings. The standard InChI is InChI=1S/C14H14O3S/c1-10-11(7-12(8-15)18-10)9-17-14-6-4-3-5-13(14)16-2/h3-8H,9H2,1-2H3. The summed E-state index contributed by atoms with van der Waals surface area (Å²) in [6.07, 6.45) is 0.865. The maximum Gasteiger partial charge on any atom is 0.161 e. The molecular weight excluding hydrogens is 248 g/mol. The van der Waals surface area contributed by atoms with E-state index in [4.69, 9.17) is 9.47 Å². The Bertz CT molecular complexity index is 546. The van der Waals surface area contributed by atoms with Gasteiger partial charge in [0.15, 0.2) is 17.8 Å². The van der Waals surface area contributed by atoms with Crippen LogP contribution >= 0.6 is 11.3 Å². The lowest BCUT2D eigenvalue weighted by Crippen LogP contribution is -1.97. The van der Waals surface area contributed by atoms with Crippen molar-refractivity contribution in [2.45, 2.75) is 13.5 Å². The molecule has 0 atom stereocenters.